The molecule has 1 aromatic heterocycles. The third-order valence-corrected chi connectivity index (χ3v) is 2.85. The monoisotopic (exact) mass is 286 g/mol. The van der Waals surface area contributed by atoms with Crippen LogP contribution < -0.4 is 5.32 Å². The van der Waals surface area contributed by atoms with Crippen molar-refractivity contribution in [2.24, 2.45) is 0 Å². The average Bonchev–Trinajstić information content (AvgIpc) is 2.26. The Morgan fingerprint density at radius 1 is 1.69 bits per heavy atom. The fourth-order valence-corrected chi connectivity index (χ4v) is 1.69. The first kappa shape index (κ1) is 13.0. The number of pyridine rings is 1. The number of carbonyl (C=O) groups is 1. The largest absolute Gasteiger partial charge is 0.480 e. The van der Waals surface area contributed by atoms with Crippen molar-refractivity contribution in [1.82, 2.24) is 4.98 Å². The molecule has 5 heteroatoms. The Balaban J connectivity index is 2.68. The topological polar surface area (TPSA) is 62.2 Å². The maximum atomic E-state index is 11.0. The number of aromatic nitrogens is 1. The molecule has 0 spiro atoms. The molecular weight excluding hydrogens is 272 g/mol. The molecule has 1 heterocycles. The van der Waals surface area contributed by atoms with Gasteiger partial charge in [-0.25, -0.2) is 9.78 Å². The van der Waals surface area contributed by atoms with Crippen molar-refractivity contribution in [2.75, 3.05) is 5.32 Å². The zero-order valence-corrected chi connectivity index (χ0v) is 10.7. The van der Waals surface area contributed by atoms with E-state index in [0.29, 0.717) is 12.2 Å². The van der Waals surface area contributed by atoms with Crippen LogP contribution in [0, 0.1) is 0 Å². The summed E-state index contributed by atoms with van der Waals surface area (Å²) in [5, 5.41) is 12.0. The Kier molecular flexibility index (Phi) is 5.25. The highest BCUT2D eigenvalue weighted by Gasteiger charge is 2.17. The Morgan fingerprint density at radius 2 is 2.44 bits per heavy atom. The Hall–Kier alpha value is -1.10. The zero-order valence-electron chi connectivity index (χ0n) is 9.11. The van der Waals surface area contributed by atoms with E-state index in [-0.39, 0.29) is 0 Å². The number of nitrogens with zero attached hydrogens (tertiary/aromatic N) is 1. The van der Waals surface area contributed by atoms with Crippen molar-refractivity contribution in [3.63, 3.8) is 0 Å². The third-order valence-electron chi connectivity index (χ3n) is 2.21. The first-order valence-corrected chi connectivity index (χ1v) is 6.04. The summed E-state index contributed by atoms with van der Waals surface area (Å²) >= 11 is 3.32. The Morgan fingerprint density at radius 3 is 3.00 bits per heavy atom. The normalized spacial score (nSPS) is 12.1. The molecule has 0 unspecified atom stereocenters. The van der Waals surface area contributed by atoms with Crippen LogP contribution in [0.4, 0.5) is 5.82 Å². The SMILES string of the molecule is CCCC[C@H](Nc1ncccc1Br)C(=O)O. The maximum absolute atomic E-state index is 11.0. The predicted octanol–water partition coefficient (Wildman–Crippen LogP) is 2.90. The molecule has 1 rings (SSSR count). The van der Waals surface area contributed by atoms with E-state index in [1.807, 2.05) is 13.0 Å². The molecule has 0 saturated carbocycles. The van der Waals surface area contributed by atoms with E-state index in [9.17, 15) is 4.79 Å². The standard InChI is InChI=1S/C11H15BrN2O2/c1-2-3-6-9(11(15)16)14-10-8(12)5-4-7-13-10/h4-5,7,9H,2-3,6H2,1H3,(H,13,14)(H,15,16)/t9-/m0/s1. The van der Waals surface area contributed by atoms with Crippen molar-refractivity contribution in [1.29, 1.82) is 0 Å². The summed E-state index contributed by atoms with van der Waals surface area (Å²) in [4.78, 5) is 15.1. The highest BCUT2D eigenvalue weighted by atomic mass is 79.9. The molecule has 0 saturated heterocycles. The van der Waals surface area contributed by atoms with Crippen LogP contribution in [-0.2, 0) is 4.79 Å². The van der Waals surface area contributed by atoms with Crippen molar-refractivity contribution >= 4 is 27.7 Å². The quantitative estimate of drug-likeness (QED) is 0.844. The van der Waals surface area contributed by atoms with E-state index in [2.05, 4.69) is 26.2 Å². The lowest BCUT2D eigenvalue weighted by Crippen LogP contribution is -2.29. The fourth-order valence-electron chi connectivity index (χ4n) is 1.32. The van der Waals surface area contributed by atoms with Crippen molar-refractivity contribution in [2.45, 2.75) is 32.2 Å². The van der Waals surface area contributed by atoms with Gasteiger partial charge in [-0.2, -0.15) is 0 Å². The number of aliphatic carboxylic acids is 1. The summed E-state index contributed by atoms with van der Waals surface area (Å²) in [6.07, 6.45) is 4.10. The van der Waals surface area contributed by atoms with Crippen LogP contribution in [0.25, 0.3) is 0 Å². The first-order chi connectivity index (χ1) is 7.65. The number of hydrogen-bond donors (Lipinski definition) is 2. The highest BCUT2D eigenvalue weighted by Crippen LogP contribution is 2.20. The summed E-state index contributed by atoms with van der Waals surface area (Å²) in [7, 11) is 0. The highest BCUT2D eigenvalue weighted by molar-refractivity contribution is 9.10. The molecule has 0 aliphatic carbocycles. The van der Waals surface area contributed by atoms with Gasteiger partial charge in [0, 0.05) is 6.20 Å². The van der Waals surface area contributed by atoms with E-state index in [4.69, 9.17) is 5.11 Å². The molecule has 0 radical (unpaired) electrons. The first-order valence-electron chi connectivity index (χ1n) is 5.25. The summed E-state index contributed by atoms with van der Waals surface area (Å²) < 4.78 is 0.776. The third kappa shape index (κ3) is 3.81. The van der Waals surface area contributed by atoms with Crippen LogP contribution in [0.15, 0.2) is 22.8 Å². The van der Waals surface area contributed by atoms with Crippen LogP contribution in [-0.4, -0.2) is 22.1 Å². The minimum atomic E-state index is -0.842. The Bertz CT molecular complexity index is 358. The smallest absolute Gasteiger partial charge is 0.326 e. The average molecular weight is 287 g/mol. The number of halogens is 1. The lowest BCUT2D eigenvalue weighted by molar-refractivity contribution is -0.138. The lowest BCUT2D eigenvalue weighted by Gasteiger charge is -2.15. The van der Waals surface area contributed by atoms with E-state index in [0.717, 1.165) is 17.3 Å². The van der Waals surface area contributed by atoms with Gasteiger partial charge in [-0.1, -0.05) is 19.8 Å². The number of rotatable bonds is 6. The molecule has 1 atom stereocenters. The van der Waals surface area contributed by atoms with Crippen molar-refractivity contribution in [3.8, 4) is 0 Å². The van der Waals surface area contributed by atoms with Gasteiger partial charge < -0.3 is 10.4 Å². The fraction of sp³-hybridized carbons (Fsp3) is 0.455. The molecule has 2 N–H and O–H groups in total. The summed E-state index contributed by atoms with van der Waals surface area (Å²) in [6.45, 7) is 2.04. The number of hydrogen-bond acceptors (Lipinski definition) is 3. The van der Waals surface area contributed by atoms with E-state index in [1.54, 1.807) is 12.3 Å². The summed E-state index contributed by atoms with van der Waals surface area (Å²) in [6, 6.07) is 3.04. The molecule has 0 bridgehead atoms. The molecule has 0 aromatic carbocycles. The van der Waals surface area contributed by atoms with Gasteiger partial charge in [0.05, 0.1) is 4.47 Å². The van der Waals surface area contributed by atoms with Crippen LogP contribution in [0.1, 0.15) is 26.2 Å². The van der Waals surface area contributed by atoms with Gasteiger partial charge in [-0.15, -0.1) is 0 Å². The predicted molar refractivity (Wildman–Crippen MR) is 66.5 cm³/mol. The minimum Gasteiger partial charge on any atom is -0.480 e. The van der Waals surface area contributed by atoms with E-state index >= 15 is 0 Å². The molecule has 0 fully saturated rings. The molecule has 1 aromatic rings. The second-order valence-corrected chi connectivity index (χ2v) is 4.37. The molecular formula is C11H15BrN2O2. The second-order valence-electron chi connectivity index (χ2n) is 3.51. The zero-order chi connectivity index (χ0) is 12.0. The van der Waals surface area contributed by atoms with Crippen LogP contribution in [0.5, 0.6) is 0 Å². The number of anilines is 1. The molecule has 0 aliphatic rings. The molecule has 0 amide bonds. The second kappa shape index (κ2) is 6.48. The molecule has 16 heavy (non-hydrogen) atoms. The minimum absolute atomic E-state index is 0.575. The van der Waals surface area contributed by atoms with Gasteiger partial charge in [0.25, 0.3) is 0 Å². The number of carboxylic acids is 1. The molecule has 4 nitrogen and oxygen atoms in total. The van der Waals surface area contributed by atoms with Crippen molar-refractivity contribution in [3.05, 3.63) is 22.8 Å². The summed E-state index contributed by atoms with van der Waals surface area (Å²) in [5.74, 6) is -0.267. The maximum Gasteiger partial charge on any atom is 0.326 e. The van der Waals surface area contributed by atoms with Gasteiger partial charge in [-0.05, 0) is 34.5 Å². The number of nitrogens with one attached hydrogen (secondary N) is 1. The van der Waals surface area contributed by atoms with E-state index < -0.39 is 12.0 Å². The van der Waals surface area contributed by atoms with Crippen LogP contribution >= 0.6 is 15.9 Å². The van der Waals surface area contributed by atoms with E-state index in [1.165, 1.54) is 0 Å². The van der Waals surface area contributed by atoms with Crippen LogP contribution in [0.3, 0.4) is 0 Å². The molecule has 0 aliphatic heterocycles. The Labute approximate surface area is 103 Å². The lowest BCUT2D eigenvalue weighted by atomic mass is 10.1. The molecule has 88 valence electrons. The van der Waals surface area contributed by atoms with Gasteiger partial charge in [0.15, 0.2) is 0 Å². The van der Waals surface area contributed by atoms with Gasteiger partial charge in [0.2, 0.25) is 0 Å². The van der Waals surface area contributed by atoms with Gasteiger partial charge in [0.1, 0.15) is 11.9 Å². The number of carboxylic acid groups (broad SMARTS) is 1. The van der Waals surface area contributed by atoms with Gasteiger partial charge in [-0.3, -0.25) is 0 Å². The van der Waals surface area contributed by atoms with Crippen LogP contribution in [0.2, 0.25) is 0 Å². The van der Waals surface area contributed by atoms with Crippen molar-refractivity contribution < 1.29 is 9.90 Å². The summed E-state index contributed by atoms with van der Waals surface area (Å²) in [5.41, 5.74) is 0. The van der Waals surface area contributed by atoms with Gasteiger partial charge >= 0.3 is 5.97 Å². The number of unbranched alkanes of at least 4 members (excludes halogenated alkanes) is 1.